The molecule has 0 radical (unpaired) electrons. The number of morpholine rings is 1. The van der Waals surface area contributed by atoms with Gasteiger partial charge in [0, 0.05) is 35.9 Å². The smallest absolute Gasteiger partial charge is 0.480 e. The zero-order valence-corrected chi connectivity index (χ0v) is 23.6. The van der Waals surface area contributed by atoms with Crippen LogP contribution in [0.3, 0.4) is 0 Å². The summed E-state index contributed by atoms with van der Waals surface area (Å²) in [6.45, 7) is 2.68. The van der Waals surface area contributed by atoms with Gasteiger partial charge in [-0.05, 0) is 36.4 Å². The number of carbonyl (C=O) groups is 2. The average molecular weight is 621 g/mol. The first-order valence-electron chi connectivity index (χ1n) is 13.7. The summed E-state index contributed by atoms with van der Waals surface area (Å²) in [5.74, 6) is -2.84. The number of nitrogens with zero attached hydrogens (tertiary/aromatic N) is 5. The lowest BCUT2D eigenvalue weighted by molar-refractivity contribution is -0.192. The summed E-state index contributed by atoms with van der Waals surface area (Å²) in [5.41, 5.74) is 5.94. The molecule has 45 heavy (non-hydrogen) atoms. The molecule has 0 spiro atoms. The third kappa shape index (κ3) is 7.72. The second-order valence-corrected chi connectivity index (χ2v) is 9.82. The molecule has 0 amide bonds. The van der Waals surface area contributed by atoms with E-state index in [1.54, 1.807) is 0 Å². The zero-order valence-electron chi connectivity index (χ0n) is 23.6. The molecule has 0 aliphatic carbocycles. The lowest BCUT2D eigenvalue weighted by atomic mass is 10.1. The van der Waals surface area contributed by atoms with Gasteiger partial charge in [-0.1, -0.05) is 36.4 Å². The Kier molecular flexibility index (Phi) is 9.23. The third-order valence-electron chi connectivity index (χ3n) is 6.72. The Morgan fingerprint density at radius 1 is 0.933 bits per heavy atom. The van der Waals surface area contributed by atoms with E-state index in [9.17, 15) is 18.0 Å². The number of imidazole rings is 1. The predicted molar refractivity (Wildman–Crippen MR) is 162 cm³/mol. The van der Waals surface area contributed by atoms with E-state index in [-0.39, 0.29) is 6.54 Å². The number of carboxylic acids is 2. The summed E-state index contributed by atoms with van der Waals surface area (Å²) in [6.07, 6.45) is 2.72. The molecule has 5 aromatic rings. The number of alkyl halides is 3. The van der Waals surface area contributed by atoms with E-state index in [1.807, 2.05) is 79.1 Å². The van der Waals surface area contributed by atoms with E-state index >= 15 is 0 Å². The van der Waals surface area contributed by atoms with Crippen molar-refractivity contribution in [3.63, 3.8) is 0 Å². The first-order chi connectivity index (χ1) is 21.6. The van der Waals surface area contributed by atoms with Crippen molar-refractivity contribution in [1.82, 2.24) is 19.4 Å². The molecule has 1 saturated heterocycles. The Morgan fingerprint density at radius 2 is 1.62 bits per heavy atom. The van der Waals surface area contributed by atoms with Crippen molar-refractivity contribution in [2.45, 2.75) is 6.18 Å². The van der Waals surface area contributed by atoms with Crippen LogP contribution < -0.4 is 10.2 Å². The number of rotatable bonds is 7. The number of hydrogen-bond donors (Lipinski definition) is 3. The lowest BCUT2D eigenvalue weighted by Crippen LogP contribution is -2.37. The van der Waals surface area contributed by atoms with Gasteiger partial charge in [-0.15, -0.1) is 0 Å². The van der Waals surface area contributed by atoms with E-state index in [2.05, 4.69) is 20.7 Å². The molecule has 1 aliphatic rings. The first kappa shape index (κ1) is 30.9. The highest BCUT2D eigenvalue weighted by molar-refractivity contribution is 5.81. The van der Waals surface area contributed by atoms with Crippen molar-refractivity contribution in [3.05, 3.63) is 84.4 Å². The van der Waals surface area contributed by atoms with Crippen LogP contribution in [0, 0.1) is 0 Å². The zero-order chi connectivity index (χ0) is 32.0. The molecular weight excluding hydrogens is 593 g/mol. The van der Waals surface area contributed by atoms with Crippen molar-refractivity contribution in [2.24, 2.45) is 0 Å². The Hall–Kier alpha value is -5.50. The number of benzene rings is 2. The van der Waals surface area contributed by atoms with E-state index in [1.165, 1.54) is 0 Å². The summed E-state index contributed by atoms with van der Waals surface area (Å²) in [7, 11) is 0. The lowest BCUT2D eigenvalue weighted by Gasteiger charge is -2.28. The Bertz CT molecular complexity index is 1850. The van der Waals surface area contributed by atoms with Gasteiger partial charge in [-0.25, -0.2) is 19.7 Å². The highest BCUT2D eigenvalue weighted by atomic mass is 19.4. The Labute approximate surface area is 254 Å². The SMILES string of the molecule is O=C(O)C(F)(F)F.O=C(O)CNc1ccc(-c2cnc(N3CCOCC3)c3nc(C=Cc4ccc5ccccc5n4)cn23)cc1. The molecule has 14 heteroatoms. The van der Waals surface area contributed by atoms with Crippen LogP contribution in [0.5, 0.6) is 0 Å². The summed E-state index contributed by atoms with van der Waals surface area (Å²) >= 11 is 0. The van der Waals surface area contributed by atoms with Gasteiger partial charge in [0.05, 0.1) is 42.0 Å². The molecule has 6 rings (SSSR count). The minimum absolute atomic E-state index is 0.136. The fraction of sp³-hybridized carbons (Fsp3) is 0.194. The third-order valence-corrected chi connectivity index (χ3v) is 6.72. The van der Waals surface area contributed by atoms with Crippen LogP contribution >= 0.6 is 0 Å². The molecule has 11 nitrogen and oxygen atoms in total. The van der Waals surface area contributed by atoms with Gasteiger partial charge in [-0.2, -0.15) is 13.2 Å². The summed E-state index contributed by atoms with van der Waals surface area (Å²) < 4.78 is 39.3. The summed E-state index contributed by atoms with van der Waals surface area (Å²) in [6, 6.07) is 19.7. The summed E-state index contributed by atoms with van der Waals surface area (Å²) in [5, 5.41) is 20.0. The molecule has 2 aromatic carbocycles. The Balaban J connectivity index is 0.000000515. The number of ether oxygens (including phenoxy) is 1. The minimum Gasteiger partial charge on any atom is -0.480 e. The van der Waals surface area contributed by atoms with Crippen molar-refractivity contribution in [2.75, 3.05) is 43.1 Å². The molecule has 4 heterocycles. The number of aliphatic carboxylic acids is 2. The molecule has 0 saturated carbocycles. The number of pyridine rings is 1. The summed E-state index contributed by atoms with van der Waals surface area (Å²) in [4.78, 5) is 36.5. The van der Waals surface area contributed by atoms with Crippen LogP contribution in [0.25, 0.3) is 40.0 Å². The first-order valence-corrected chi connectivity index (χ1v) is 13.7. The van der Waals surface area contributed by atoms with Gasteiger partial charge in [0.15, 0.2) is 11.5 Å². The van der Waals surface area contributed by atoms with E-state index in [0.717, 1.165) is 63.8 Å². The van der Waals surface area contributed by atoms with Crippen LogP contribution in [0.4, 0.5) is 24.7 Å². The molecule has 3 N–H and O–H groups in total. The molecule has 0 bridgehead atoms. The number of halogens is 3. The number of anilines is 2. The van der Waals surface area contributed by atoms with Gasteiger partial charge in [0.2, 0.25) is 0 Å². The number of para-hydroxylation sites is 1. The number of carboxylic acid groups (broad SMARTS) is 2. The minimum atomic E-state index is -5.08. The maximum absolute atomic E-state index is 10.9. The highest BCUT2D eigenvalue weighted by Crippen LogP contribution is 2.28. The van der Waals surface area contributed by atoms with Gasteiger partial charge >= 0.3 is 18.1 Å². The van der Waals surface area contributed by atoms with Crippen molar-refractivity contribution in [1.29, 1.82) is 0 Å². The van der Waals surface area contributed by atoms with Gasteiger partial charge in [0.1, 0.15) is 6.54 Å². The Morgan fingerprint density at radius 3 is 2.31 bits per heavy atom. The van der Waals surface area contributed by atoms with E-state index in [4.69, 9.17) is 34.7 Å². The fourth-order valence-corrected chi connectivity index (χ4v) is 4.56. The number of nitrogens with one attached hydrogen (secondary N) is 1. The van der Waals surface area contributed by atoms with Crippen molar-refractivity contribution >= 4 is 52.1 Å². The van der Waals surface area contributed by atoms with Crippen molar-refractivity contribution in [3.8, 4) is 11.3 Å². The number of hydrogen-bond acceptors (Lipinski definition) is 8. The second kappa shape index (κ2) is 13.4. The topological polar surface area (TPSA) is 142 Å². The van der Waals surface area contributed by atoms with E-state index < -0.39 is 18.1 Å². The molecule has 0 unspecified atom stereocenters. The van der Waals surface area contributed by atoms with E-state index in [0.29, 0.717) is 13.2 Å². The van der Waals surface area contributed by atoms with Crippen LogP contribution in [0.2, 0.25) is 0 Å². The van der Waals surface area contributed by atoms with Crippen LogP contribution in [-0.2, 0) is 14.3 Å². The van der Waals surface area contributed by atoms with Gasteiger partial charge in [0.25, 0.3) is 0 Å². The van der Waals surface area contributed by atoms with Crippen LogP contribution in [0.1, 0.15) is 11.4 Å². The number of aromatic nitrogens is 4. The van der Waals surface area contributed by atoms with Crippen LogP contribution in [-0.4, -0.2) is 80.5 Å². The molecule has 0 atom stereocenters. The standard InChI is InChI=1S/C29H26N6O3.C2HF3O2/c36-27(37)18-30-22-8-6-21(7-9-22)26-17-31-28(34-13-15-38-16-14-34)29-33-24(19-35(26)29)12-11-23-10-5-20-3-1-2-4-25(20)32-23;3-2(4,5)1(6)7/h1-12,17,19,30H,13-16,18H2,(H,36,37);(H,6,7). The quantitative estimate of drug-likeness (QED) is 0.226. The molecule has 1 aliphatic heterocycles. The maximum Gasteiger partial charge on any atom is 0.490 e. The molecule has 3 aromatic heterocycles. The monoisotopic (exact) mass is 620 g/mol. The van der Waals surface area contributed by atoms with Gasteiger partial charge in [-0.3, -0.25) is 9.20 Å². The van der Waals surface area contributed by atoms with Gasteiger partial charge < -0.3 is 25.2 Å². The largest absolute Gasteiger partial charge is 0.490 e. The second-order valence-electron chi connectivity index (χ2n) is 9.82. The number of fused-ring (bicyclic) bond motifs is 2. The fourth-order valence-electron chi connectivity index (χ4n) is 4.56. The molecular formula is C31H27F3N6O5. The highest BCUT2D eigenvalue weighted by Gasteiger charge is 2.38. The van der Waals surface area contributed by atoms with Crippen LogP contribution in [0.15, 0.2) is 73.1 Å². The normalized spacial score (nSPS) is 13.5. The average Bonchev–Trinajstić information content (AvgIpc) is 3.47. The maximum atomic E-state index is 10.9. The molecule has 1 fully saturated rings. The molecule has 232 valence electrons. The van der Waals surface area contributed by atoms with Crippen molar-refractivity contribution < 1.29 is 37.7 Å². The predicted octanol–water partition coefficient (Wildman–Crippen LogP) is 5.08.